The second kappa shape index (κ2) is 5.33. The lowest BCUT2D eigenvalue weighted by atomic mass is 9.78. The van der Waals surface area contributed by atoms with Gasteiger partial charge in [-0.25, -0.2) is 4.98 Å². The number of amides is 1. The lowest BCUT2D eigenvalue weighted by molar-refractivity contribution is -0.133. The van der Waals surface area contributed by atoms with Crippen LogP contribution in [0, 0.1) is 5.41 Å². The van der Waals surface area contributed by atoms with Gasteiger partial charge in [-0.3, -0.25) is 4.79 Å². The predicted molar refractivity (Wildman–Crippen MR) is 72.6 cm³/mol. The number of carbonyl (C=O) groups excluding carboxylic acids is 1. The normalized spacial score (nSPS) is 22.0. The summed E-state index contributed by atoms with van der Waals surface area (Å²) < 4.78 is 1.96. The van der Waals surface area contributed by atoms with Crippen LogP contribution in [-0.4, -0.2) is 46.5 Å². The van der Waals surface area contributed by atoms with Gasteiger partial charge in [0.2, 0.25) is 5.91 Å². The van der Waals surface area contributed by atoms with Crippen LogP contribution in [-0.2, 0) is 11.3 Å². The van der Waals surface area contributed by atoms with E-state index in [0.29, 0.717) is 11.8 Å². The summed E-state index contributed by atoms with van der Waals surface area (Å²) in [4.78, 5) is 18.2. The molecule has 1 N–H and O–H groups in total. The van der Waals surface area contributed by atoms with Crippen LogP contribution in [0.15, 0.2) is 18.7 Å². The second-order valence-electron chi connectivity index (χ2n) is 5.86. The molecule has 2 saturated heterocycles. The molecule has 0 bridgehead atoms. The number of likely N-dealkylation sites (tertiary alicyclic amines) is 1. The topological polar surface area (TPSA) is 50.2 Å². The first-order valence-corrected chi connectivity index (χ1v) is 7.22. The summed E-state index contributed by atoms with van der Waals surface area (Å²) >= 11 is 0. The van der Waals surface area contributed by atoms with E-state index in [1.54, 1.807) is 12.5 Å². The maximum atomic E-state index is 12.2. The zero-order valence-electron chi connectivity index (χ0n) is 11.3. The second-order valence-corrected chi connectivity index (χ2v) is 5.86. The van der Waals surface area contributed by atoms with Crippen molar-refractivity contribution in [2.45, 2.75) is 32.2 Å². The summed E-state index contributed by atoms with van der Waals surface area (Å²) in [5.41, 5.74) is 0.487. The Morgan fingerprint density at radius 2 is 2.16 bits per heavy atom. The van der Waals surface area contributed by atoms with Gasteiger partial charge in [0, 0.05) is 45.0 Å². The highest BCUT2D eigenvalue weighted by Gasteiger charge is 2.37. The van der Waals surface area contributed by atoms with Gasteiger partial charge < -0.3 is 14.8 Å². The first-order valence-electron chi connectivity index (χ1n) is 7.22. The molecule has 3 heterocycles. The van der Waals surface area contributed by atoms with E-state index in [9.17, 15) is 4.79 Å². The molecule has 1 spiro atoms. The van der Waals surface area contributed by atoms with E-state index in [0.717, 1.165) is 45.6 Å². The van der Waals surface area contributed by atoms with E-state index in [2.05, 4.69) is 10.3 Å². The standard InChI is InChI=1S/C14H22N4O/c19-13(1-7-17-10-6-16-12-17)18-8-3-14(4-9-18)2-5-15-11-14/h6,10,12,15H,1-5,7-9,11H2. The van der Waals surface area contributed by atoms with Crippen molar-refractivity contribution in [3.63, 3.8) is 0 Å². The smallest absolute Gasteiger partial charge is 0.224 e. The third-order valence-corrected chi connectivity index (χ3v) is 4.65. The third-order valence-electron chi connectivity index (χ3n) is 4.65. The number of piperidine rings is 1. The summed E-state index contributed by atoms with van der Waals surface area (Å²) in [7, 11) is 0. The SMILES string of the molecule is O=C(CCn1ccnc1)N1CCC2(CCNC2)CC1. The molecule has 19 heavy (non-hydrogen) atoms. The van der Waals surface area contributed by atoms with Gasteiger partial charge in [0.05, 0.1) is 6.33 Å². The Balaban J connectivity index is 1.46. The molecule has 2 fully saturated rings. The molecule has 2 aliphatic rings. The number of carbonyl (C=O) groups is 1. The van der Waals surface area contributed by atoms with Gasteiger partial charge in [-0.05, 0) is 31.2 Å². The van der Waals surface area contributed by atoms with Gasteiger partial charge in [0.1, 0.15) is 0 Å². The van der Waals surface area contributed by atoms with Gasteiger partial charge in [0.25, 0.3) is 0 Å². The van der Waals surface area contributed by atoms with E-state index in [-0.39, 0.29) is 5.91 Å². The average Bonchev–Trinajstić information content (AvgIpc) is 3.09. The maximum absolute atomic E-state index is 12.2. The molecule has 0 aliphatic carbocycles. The molecule has 1 aromatic rings. The quantitative estimate of drug-likeness (QED) is 0.879. The Labute approximate surface area is 114 Å². The van der Waals surface area contributed by atoms with Crippen LogP contribution in [0.4, 0.5) is 0 Å². The van der Waals surface area contributed by atoms with Crippen LogP contribution >= 0.6 is 0 Å². The molecule has 0 unspecified atom stereocenters. The van der Waals surface area contributed by atoms with Crippen LogP contribution in [0.3, 0.4) is 0 Å². The third kappa shape index (κ3) is 2.81. The molecule has 0 atom stereocenters. The molecule has 1 amide bonds. The molecule has 2 aliphatic heterocycles. The predicted octanol–water partition coefficient (Wildman–Crippen LogP) is 0.875. The number of hydrogen-bond acceptors (Lipinski definition) is 3. The van der Waals surface area contributed by atoms with Gasteiger partial charge in [-0.2, -0.15) is 0 Å². The zero-order valence-corrected chi connectivity index (χ0v) is 11.3. The number of hydrogen-bond donors (Lipinski definition) is 1. The number of nitrogens with one attached hydrogen (secondary N) is 1. The lowest BCUT2D eigenvalue weighted by Crippen LogP contribution is -2.44. The summed E-state index contributed by atoms with van der Waals surface area (Å²) in [5.74, 6) is 0.287. The summed E-state index contributed by atoms with van der Waals surface area (Å²) in [6.07, 6.45) is 9.62. The Morgan fingerprint density at radius 3 is 2.79 bits per heavy atom. The highest BCUT2D eigenvalue weighted by molar-refractivity contribution is 5.76. The Bertz CT molecular complexity index is 413. The highest BCUT2D eigenvalue weighted by atomic mass is 16.2. The molecule has 5 heteroatoms. The van der Waals surface area contributed by atoms with Crippen LogP contribution in [0.5, 0.6) is 0 Å². The van der Waals surface area contributed by atoms with Gasteiger partial charge in [-0.1, -0.05) is 0 Å². The molecule has 1 aromatic heterocycles. The molecule has 3 rings (SSSR count). The first-order chi connectivity index (χ1) is 9.27. The van der Waals surface area contributed by atoms with Crippen molar-refractivity contribution in [3.05, 3.63) is 18.7 Å². The van der Waals surface area contributed by atoms with Crippen molar-refractivity contribution in [1.29, 1.82) is 0 Å². The molecule has 5 nitrogen and oxygen atoms in total. The molecular weight excluding hydrogens is 240 g/mol. The number of rotatable bonds is 3. The van der Waals surface area contributed by atoms with E-state index in [4.69, 9.17) is 0 Å². The monoisotopic (exact) mass is 262 g/mol. The van der Waals surface area contributed by atoms with Gasteiger partial charge >= 0.3 is 0 Å². The van der Waals surface area contributed by atoms with Crippen LogP contribution in [0.25, 0.3) is 0 Å². The Morgan fingerprint density at radius 1 is 1.32 bits per heavy atom. The number of imidazole rings is 1. The fourth-order valence-electron chi connectivity index (χ4n) is 3.25. The van der Waals surface area contributed by atoms with Crippen LogP contribution in [0.1, 0.15) is 25.7 Å². The lowest BCUT2D eigenvalue weighted by Gasteiger charge is -2.39. The molecule has 104 valence electrons. The van der Waals surface area contributed by atoms with Crippen molar-refractivity contribution in [3.8, 4) is 0 Å². The van der Waals surface area contributed by atoms with E-state index in [1.165, 1.54) is 6.42 Å². The molecule has 0 saturated carbocycles. The Kier molecular flexibility index (Phi) is 3.55. The molecule has 0 aromatic carbocycles. The van der Waals surface area contributed by atoms with E-state index >= 15 is 0 Å². The average molecular weight is 262 g/mol. The summed E-state index contributed by atoms with van der Waals surface area (Å²) in [6, 6.07) is 0. The molecular formula is C14H22N4O. The van der Waals surface area contributed by atoms with Gasteiger partial charge in [0.15, 0.2) is 0 Å². The number of aryl methyl sites for hydroxylation is 1. The van der Waals surface area contributed by atoms with Crippen molar-refractivity contribution in [2.24, 2.45) is 5.41 Å². The van der Waals surface area contributed by atoms with Crippen molar-refractivity contribution >= 4 is 5.91 Å². The number of nitrogens with zero attached hydrogens (tertiary/aromatic N) is 3. The van der Waals surface area contributed by atoms with E-state index < -0.39 is 0 Å². The Hall–Kier alpha value is -1.36. The minimum atomic E-state index is 0.287. The summed E-state index contributed by atoms with van der Waals surface area (Å²) in [6.45, 7) is 4.90. The minimum Gasteiger partial charge on any atom is -0.343 e. The van der Waals surface area contributed by atoms with Crippen LogP contribution < -0.4 is 5.32 Å². The number of aromatic nitrogens is 2. The fourth-order valence-corrected chi connectivity index (χ4v) is 3.25. The fraction of sp³-hybridized carbons (Fsp3) is 0.714. The first kappa shape index (κ1) is 12.7. The minimum absolute atomic E-state index is 0.287. The van der Waals surface area contributed by atoms with Crippen molar-refractivity contribution < 1.29 is 4.79 Å². The van der Waals surface area contributed by atoms with Crippen molar-refractivity contribution in [1.82, 2.24) is 19.8 Å². The largest absolute Gasteiger partial charge is 0.343 e. The van der Waals surface area contributed by atoms with Crippen molar-refractivity contribution in [2.75, 3.05) is 26.2 Å². The maximum Gasteiger partial charge on any atom is 0.224 e. The highest BCUT2D eigenvalue weighted by Crippen LogP contribution is 2.36. The molecule has 0 radical (unpaired) electrons. The van der Waals surface area contributed by atoms with Crippen LogP contribution in [0.2, 0.25) is 0 Å². The zero-order chi connectivity index (χ0) is 13.1. The summed E-state index contributed by atoms with van der Waals surface area (Å²) in [5, 5.41) is 3.46. The van der Waals surface area contributed by atoms with Gasteiger partial charge in [-0.15, -0.1) is 0 Å². The van der Waals surface area contributed by atoms with E-state index in [1.807, 2.05) is 15.7 Å².